The number of hydrogen-bond donors (Lipinski definition) is 3. The van der Waals surface area contributed by atoms with Gasteiger partial charge in [-0.3, -0.25) is 10.1 Å². The van der Waals surface area contributed by atoms with Gasteiger partial charge in [0.05, 0.1) is 15.7 Å². The molecule has 2 aromatic carbocycles. The zero-order valence-electron chi connectivity index (χ0n) is 11.5. The number of hydrogen-bond acceptors (Lipinski definition) is 3. The van der Waals surface area contributed by atoms with Gasteiger partial charge >= 0.3 is 0 Å². The molecule has 22 heavy (non-hydrogen) atoms. The summed E-state index contributed by atoms with van der Waals surface area (Å²) < 4.78 is 0. The molecule has 2 rings (SSSR count). The molecule has 0 radical (unpaired) electrons. The number of carbonyl (C=O) groups is 1. The molecule has 0 aromatic heterocycles. The first-order valence-electron chi connectivity index (χ1n) is 6.24. The molecular formula is C15H12Cl2N2O2S. The first-order chi connectivity index (χ1) is 10.4. The van der Waals surface area contributed by atoms with Gasteiger partial charge in [0, 0.05) is 5.56 Å². The summed E-state index contributed by atoms with van der Waals surface area (Å²) in [5.74, 6) is -0.381. The van der Waals surface area contributed by atoms with Crippen LogP contribution in [0.4, 0.5) is 5.69 Å². The molecule has 0 saturated carbocycles. The molecule has 0 unspecified atom stereocenters. The first kappa shape index (κ1) is 16.5. The summed E-state index contributed by atoms with van der Waals surface area (Å²) in [6.45, 7) is 1.86. The van der Waals surface area contributed by atoms with Crippen molar-refractivity contribution in [3.05, 3.63) is 57.6 Å². The van der Waals surface area contributed by atoms with E-state index in [0.29, 0.717) is 16.3 Å². The molecule has 0 aliphatic rings. The van der Waals surface area contributed by atoms with Crippen LogP contribution in [0.25, 0.3) is 0 Å². The monoisotopic (exact) mass is 354 g/mol. The Bertz CT molecular complexity index is 750. The van der Waals surface area contributed by atoms with Crippen molar-refractivity contribution in [3.8, 4) is 5.75 Å². The number of aryl methyl sites for hydroxylation is 1. The number of anilines is 1. The molecule has 0 spiro atoms. The predicted molar refractivity (Wildman–Crippen MR) is 93.0 cm³/mol. The molecule has 0 heterocycles. The van der Waals surface area contributed by atoms with Crippen LogP contribution < -0.4 is 10.6 Å². The van der Waals surface area contributed by atoms with Crippen LogP contribution in [0.2, 0.25) is 10.0 Å². The number of aromatic hydroxyl groups is 1. The summed E-state index contributed by atoms with van der Waals surface area (Å²) in [5, 5.41) is 15.8. The maximum absolute atomic E-state index is 12.0. The maximum atomic E-state index is 12.0. The highest BCUT2D eigenvalue weighted by Gasteiger charge is 2.11. The largest absolute Gasteiger partial charge is 0.506 e. The molecule has 0 fully saturated rings. The average Bonchev–Trinajstić information content (AvgIpc) is 2.45. The Morgan fingerprint density at radius 2 is 1.86 bits per heavy atom. The third-order valence-corrected chi connectivity index (χ3v) is 3.75. The molecular weight excluding hydrogens is 343 g/mol. The molecule has 114 valence electrons. The normalized spacial score (nSPS) is 10.1. The minimum atomic E-state index is -0.428. The molecule has 3 N–H and O–H groups in total. The van der Waals surface area contributed by atoms with Crippen molar-refractivity contribution in [1.82, 2.24) is 5.32 Å². The van der Waals surface area contributed by atoms with Crippen molar-refractivity contribution >= 4 is 52.1 Å². The molecule has 1 amide bonds. The second-order valence-electron chi connectivity index (χ2n) is 4.56. The van der Waals surface area contributed by atoms with Gasteiger partial charge < -0.3 is 10.4 Å². The van der Waals surface area contributed by atoms with Gasteiger partial charge in [-0.05, 0) is 55.0 Å². The summed E-state index contributed by atoms with van der Waals surface area (Å²) in [5.41, 5.74) is 1.64. The molecule has 4 nitrogen and oxygen atoms in total. The number of nitrogens with one attached hydrogen (secondary N) is 2. The van der Waals surface area contributed by atoms with Gasteiger partial charge in [-0.2, -0.15) is 0 Å². The zero-order chi connectivity index (χ0) is 16.3. The van der Waals surface area contributed by atoms with Gasteiger partial charge in [-0.1, -0.05) is 29.3 Å². The lowest BCUT2D eigenvalue weighted by Gasteiger charge is -2.11. The third-order valence-electron chi connectivity index (χ3n) is 2.81. The fraction of sp³-hybridized carbons (Fsp3) is 0.0667. The Hall–Kier alpha value is -1.82. The number of benzene rings is 2. The van der Waals surface area contributed by atoms with Gasteiger partial charge in [-0.15, -0.1) is 0 Å². The molecule has 0 aliphatic heterocycles. The van der Waals surface area contributed by atoms with Crippen LogP contribution in [0.1, 0.15) is 15.9 Å². The molecule has 7 heteroatoms. The summed E-state index contributed by atoms with van der Waals surface area (Å²) in [6, 6.07) is 9.58. The first-order valence-corrected chi connectivity index (χ1v) is 7.40. The van der Waals surface area contributed by atoms with Gasteiger partial charge in [0.2, 0.25) is 0 Å². The number of rotatable bonds is 2. The Morgan fingerprint density at radius 1 is 1.14 bits per heavy atom. The number of amides is 1. The van der Waals surface area contributed by atoms with Crippen molar-refractivity contribution in [2.45, 2.75) is 6.92 Å². The van der Waals surface area contributed by atoms with E-state index in [0.717, 1.165) is 5.56 Å². The van der Waals surface area contributed by atoms with E-state index in [4.69, 9.17) is 35.4 Å². The summed E-state index contributed by atoms with van der Waals surface area (Å²) >= 11 is 16.7. The van der Waals surface area contributed by atoms with E-state index < -0.39 is 5.91 Å². The van der Waals surface area contributed by atoms with Crippen molar-refractivity contribution in [3.63, 3.8) is 0 Å². The fourth-order valence-corrected chi connectivity index (χ4v) is 2.21. The van der Waals surface area contributed by atoms with Crippen LogP contribution in [0.3, 0.4) is 0 Å². The Balaban J connectivity index is 2.05. The smallest absolute Gasteiger partial charge is 0.257 e. The molecule has 0 saturated heterocycles. The third kappa shape index (κ3) is 4.10. The summed E-state index contributed by atoms with van der Waals surface area (Å²) in [4.78, 5) is 12.0. The van der Waals surface area contributed by atoms with Gasteiger partial charge in [0.15, 0.2) is 5.11 Å². The van der Waals surface area contributed by atoms with E-state index in [9.17, 15) is 9.90 Å². The molecule has 0 aliphatic carbocycles. The van der Waals surface area contributed by atoms with Crippen LogP contribution in [0.5, 0.6) is 5.75 Å². The minimum Gasteiger partial charge on any atom is -0.506 e. The second-order valence-corrected chi connectivity index (χ2v) is 5.78. The average molecular weight is 355 g/mol. The lowest BCUT2D eigenvalue weighted by Crippen LogP contribution is -2.34. The predicted octanol–water partition coefficient (Wildman–Crippen LogP) is 4.13. The van der Waals surface area contributed by atoms with E-state index in [-0.39, 0.29) is 15.9 Å². The van der Waals surface area contributed by atoms with Crippen LogP contribution in [0, 0.1) is 6.92 Å². The number of thiocarbonyl (C=S) groups is 1. The second kappa shape index (κ2) is 6.96. The van der Waals surface area contributed by atoms with Crippen LogP contribution >= 0.6 is 35.4 Å². The number of phenols is 1. The van der Waals surface area contributed by atoms with Gasteiger partial charge in [0.25, 0.3) is 5.91 Å². The van der Waals surface area contributed by atoms with Crippen molar-refractivity contribution in [1.29, 1.82) is 0 Å². The molecule has 0 bridgehead atoms. The quantitative estimate of drug-likeness (QED) is 0.560. The highest BCUT2D eigenvalue weighted by Crippen LogP contribution is 2.24. The Kier molecular flexibility index (Phi) is 5.24. The zero-order valence-corrected chi connectivity index (χ0v) is 13.8. The van der Waals surface area contributed by atoms with E-state index in [2.05, 4.69) is 10.6 Å². The van der Waals surface area contributed by atoms with Crippen LogP contribution in [-0.4, -0.2) is 16.1 Å². The fourth-order valence-electron chi connectivity index (χ4n) is 1.71. The van der Waals surface area contributed by atoms with E-state index in [1.165, 1.54) is 18.2 Å². The maximum Gasteiger partial charge on any atom is 0.257 e. The van der Waals surface area contributed by atoms with Crippen LogP contribution in [-0.2, 0) is 0 Å². The Labute approximate surface area is 143 Å². The molecule has 0 atom stereocenters. The van der Waals surface area contributed by atoms with Crippen molar-refractivity contribution in [2.24, 2.45) is 0 Å². The standard InChI is InChI=1S/C15H12Cl2N2O2S/c1-8-2-5-12(13(20)6-8)18-15(22)19-14(21)9-3-4-10(16)11(17)7-9/h2-7,20H,1H3,(H2,18,19,21,22). The number of phenolic OH excluding ortho intramolecular Hbond substituents is 1. The van der Waals surface area contributed by atoms with E-state index in [1.807, 2.05) is 13.0 Å². The van der Waals surface area contributed by atoms with Crippen LogP contribution in [0.15, 0.2) is 36.4 Å². The highest BCUT2D eigenvalue weighted by molar-refractivity contribution is 7.80. The van der Waals surface area contributed by atoms with Gasteiger partial charge in [0.1, 0.15) is 5.75 Å². The SMILES string of the molecule is Cc1ccc(NC(=S)NC(=O)c2ccc(Cl)c(Cl)c2)c(O)c1. The summed E-state index contributed by atoms with van der Waals surface area (Å²) in [7, 11) is 0. The van der Waals surface area contributed by atoms with Crippen molar-refractivity contribution < 1.29 is 9.90 Å². The highest BCUT2D eigenvalue weighted by atomic mass is 35.5. The summed E-state index contributed by atoms with van der Waals surface area (Å²) in [6.07, 6.45) is 0. The van der Waals surface area contributed by atoms with E-state index in [1.54, 1.807) is 12.1 Å². The lowest BCUT2D eigenvalue weighted by molar-refractivity contribution is 0.0977. The van der Waals surface area contributed by atoms with Gasteiger partial charge in [-0.25, -0.2) is 0 Å². The topological polar surface area (TPSA) is 61.4 Å². The number of carbonyl (C=O) groups excluding carboxylic acids is 1. The number of halogens is 2. The Morgan fingerprint density at radius 3 is 2.50 bits per heavy atom. The van der Waals surface area contributed by atoms with E-state index >= 15 is 0 Å². The minimum absolute atomic E-state index is 0.0473. The molecule has 2 aromatic rings. The van der Waals surface area contributed by atoms with Crippen molar-refractivity contribution in [2.75, 3.05) is 5.32 Å². The lowest BCUT2D eigenvalue weighted by atomic mass is 10.2.